The third-order valence-corrected chi connectivity index (χ3v) is 4.12. The first-order valence-corrected chi connectivity index (χ1v) is 7.52. The van der Waals surface area contributed by atoms with Gasteiger partial charge in [0.05, 0.1) is 5.57 Å². The third-order valence-electron chi connectivity index (χ3n) is 2.78. The predicted octanol–water partition coefficient (Wildman–Crippen LogP) is 6.59. The van der Waals surface area contributed by atoms with Gasteiger partial charge in [0.25, 0.3) is 0 Å². The van der Waals surface area contributed by atoms with Crippen molar-refractivity contribution in [1.82, 2.24) is 0 Å². The number of allylic oxidation sites excluding steroid dienone is 1. The second kappa shape index (κ2) is 7.07. The molecule has 0 amide bonds. The van der Waals surface area contributed by atoms with Crippen LogP contribution in [-0.4, -0.2) is 6.18 Å². The Hall–Kier alpha value is -1.65. The highest BCUT2D eigenvalue weighted by Gasteiger charge is 2.34. The molecule has 0 bridgehead atoms. The fourth-order valence-corrected chi connectivity index (χ4v) is 2.73. The van der Waals surface area contributed by atoms with Crippen LogP contribution in [0.25, 0.3) is 6.08 Å². The number of rotatable bonds is 4. The van der Waals surface area contributed by atoms with Crippen LogP contribution in [0.1, 0.15) is 5.56 Å². The summed E-state index contributed by atoms with van der Waals surface area (Å²) in [5.41, 5.74) is -0.180. The molecule has 0 aliphatic carbocycles. The minimum absolute atomic E-state index is 0.0565. The van der Waals surface area contributed by atoms with Crippen LogP contribution in [-0.2, 0) is 0 Å². The van der Waals surface area contributed by atoms with Gasteiger partial charge in [-0.05, 0) is 35.9 Å². The Bertz CT molecular complexity index is 673. The molecule has 0 N–H and O–H groups in total. The van der Waals surface area contributed by atoms with E-state index in [2.05, 4.69) is 6.58 Å². The molecule has 0 spiro atoms. The number of thioether (sulfide) groups is 1. The van der Waals surface area contributed by atoms with Gasteiger partial charge in [-0.25, -0.2) is 0 Å². The Morgan fingerprint density at radius 3 is 2.14 bits per heavy atom. The Kier molecular flexibility index (Phi) is 5.37. The van der Waals surface area contributed by atoms with Gasteiger partial charge in [-0.3, -0.25) is 0 Å². The topological polar surface area (TPSA) is 0 Å². The first kappa shape index (κ1) is 16.7. The monoisotopic (exact) mass is 340 g/mol. The molecular weight excluding hydrogens is 329 g/mol. The molecule has 0 saturated carbocycles. The number of hydrogen-bond acceptors (Lipinski definition) is 1. The zero-order valence-corrected chi connectivity index (χ0v) is 13.0. The van der Waals surface area contributed by atoms with Gasteiger partial charge < -0.3 is 0 Å². The molecule has 0 nitrogen and oxygen atoms in total. The lowest BCUT2D eigenvalue weighted by molar-refractivity contribution is -0.0880. The van der Waals surface area contributed by atoms with E-state index < -0.39 is 11.7 Å². The van der Waals surface area contributed by atoms with Crippen LogP contribution >= 0.6 is 23.4 Å². The van der Waals surface area contributed by atoms with Crippen molar-refractivity contribution >= 4 is 29.4 Å². The summed E-state index contributed by atoms with van der Waals surface area (Å²) in [5.74, 6) is 0. The molecule has 0 saturated heterocycles. The van der Waals surface area contributed by atoms with Gasteiger partial charge in [0, 0.05) is 14.8 Å². The summed E-state index contributed by atoms with van der Waals surface area (Å²) in [6.07, 6.45) is -2.99. The van der Waals surface area contributed by atoms with Crippen LogP contribution < -0.4 is 0 Å². The highest BCUT2D eigenvalue weighted by molar-refractivity contribution is 8.03. The van der Waals surface area contributed by atoms with Gasteiger partial charge in [0.15, 0.2) is 0 Å². The fraction of sp³-hybridized carbons (Fsp3) is 0.0588. The van der Waals surface area contributed by atoms with Gasteiger partial charge in [-0.1, -0.05) is 60.3 Å². The first-order valence-electron chi connectivity index (χ1n) is 6.33. The Labute approximate surface area is 136 Å². The van der Waals surface area contributed by atoms with Crippen molar-refractivity contribution in [2.75, 3.05) is 0 Å². The molecule has 0 aliphatic rings. The van der Waals surface area contributed by atoms with Crippen molar-refractivity contribution in [2.45, 2.75) is 11.1 Å². The summed E-state index contributed by atoms with van der Waals surface area (Å²) in [5, 5.41) is 0.535. The lowest BCUT2D eigenvalue weighted by Crippen LogP contribution is -2.11. The molecule has 114 valence electrons. The minimum Gasteiger partial charge on any atom is -0.166 e. The van der Waals surface area contributed by atoms with E-state index in [1.165, 1.54) is 6.08 Å². The summed E-state index contributed by atoms with van der Waals surface area (Å²) in [4.78, 5) is 0.720. The van der Waals surface area contributed by atoms with E-state index in [4.69, 9.17) is 11.6 Å². The number of benzene rings is 2. The van der Waals surface area contributed by atoms with Gasteiger partial charge in [-0.15, -0.1) is 0 Å². The van der Waals surface area contributed by atoms with E-state index in [9.17, 15) is 13.2 Å². The standard InChI is InChI=1S/C17H12ClF3S/c1-12(17(19,20)21)16(11-13-5-3-2-4-6-13)22-15-9-7-14(18)8-10-15/h2-11H,1H2/b16-11+. The molecule has 5 heteroatoms. The van der Waals surface area contributed by atoms with Crippen molar-refractivity contribution in [3.63, 3.8) is 0 Å². The average molecular weight is 341 g/mol. The molecule has 0 heterocycles. The fourth-order valence-electron chi connectivity index (χ4n) is 1.65. The van der Waals surface area contributed by atoms with Crippen molar-refractivity contribution in [2.24, 2.45) is 0 Å². The van der Waals surface area contributed by atoms with Gasteiger partial charge in [-0.2, -0.15) is 13.2 Å². The van der Waals surface area contributed by atoms with E-state index in [1.807, 2.05) is 6.07 Å². The zero-order valence-electron chi connectivity index (χ0n) is 11.4. The predicted molar refractivity (Wildman–Crippen MR) is 86.9 cm³/mol. The lowest BCUT2D eigenvalue weighted by atomic mass is 10.1. The van der Waals surface area contributed by atoms with Crippen molar-refractivity contribution in [3.05, 3.63) is 82.2 Å². The van der Waals surface area contributed by atoms with Crippen molar-refractivity contribution in [1.29, 1.82) is 0 Å². The Morgan fingerprint density at radius 2 is 1.59 bits per heavy atom. The molecule has 0 fully saturated rings. The second-order valence-electron chi connectivity index (χ2n) is 4.45. The highest BCUT2D eigenvalue weighted by Crippen LogP contribution is 2.40. The Morgan fingerprint density at radius 1 is 1.00 bits per heavy atom. The second-order valence-corrected chi connectivity index (χ2v) is 6.00. The van der Waals surface area contributed by atoms with E-state index in [0.29, 0.717) is 15.5 Å². The van der Waals surface area contributed by atoms with Crippen LogP contribution in [0.2, 0.25) is 5.02 Å². The van der Waals surface area contributed by atoms with Crippen LogP contribution in [0, 0.1) is 0 Å². The van der Waals surface area contributed by atoms with Gasteiger partial charge in [0.1, 0.15) is 0 Å². The smallest absolute Gasteiger partial charge is 0.166 e. The van der Waals surface area contributed by atoms with E-state index >= 15 is 0 Å². The molecular formula is C17H12ClF3S. The largest absolute Gasteiger partial charge is 0.416 e. The van der Waals surface area contributed by atoms with Crippen molar-refractivity contribution < 1.29 is 13.2 Å². The summed E-state index contributed by atoms with van der Waals surface area (Å²) in [6, 6.07) is 15.5. The maximum Gasteiger partial charge on any atom is 0.416 e. The molecule has 0 aliphatic heterocycles. The van der Waals surface area contributed by atoms with Crippen LogP contribution in [0.15, 0.2) is 76.5 Å². The number of alkyl halides is 3. The zero-order chi connectivity index (χ0) is 16.2. The quantitative estimate of drug-likeness (QED) is 0.446. The molecule has 2 aromatic rings. The number of hydrogen-bond donors (Lipinski definition) is 0. The molecule has 2 aromatic carbocycles. The van der Waals surface area contributed by atoms with Gasteiger partial charge in [0.2, 0.25) is 0 Å². The van der Waals surface area contributed by atoms with Crippen LogP contribution in [0.5, 0.6) is 0 Å². The summed E-state index contributed by atoms with van der Waals surface area (Å²) < 4.78 is 39.0. The summed E-state index contributed by atoms with van der Waals surface area (Å²) in [7, 11) is 0. The minimum atomic E-state index is -4.47. The van der Waals surface area contributed by atoms with E-state index in [0.717, 1.165) is 11.8 Å². The Balaban J connectivity index is 2.35. The molecule has 0 unspecified atom stereocenters. The maximum atomic E-state index is 13.0. The van der Waals surface area contributed by atoms with Crippen LogP contribution in [0.3, 0.4) is 0 Å². The van der Waals surface area contributed by atoms with E-state index in [-0.39, 0.29) is 4.91 Å². The summed E-state index contributed by atoms with van der Waals surface area (Å²) >= 11 is 6.80. The maximum absolute atomic E-state index is 13.0. The molecule has 22 heavy (non-hydrogen) atoms. The first-order chi connectivity index (χ1) is 10.4. The average Bonchev–Trinajstić information content (AvgIpc) is 2.48. The summed E-state index contributed by atoms with van der Waals surface area (Å²) in [6.45, 7) is 3.20. The van der Waals surface area contributed by atoms with Crippen molar-refractivity contribution in [3.8, 4) is 0 Å². The third kappa shape index (κ3) is 4.68. The molecule has 0 atom stereocenters. The van der Waals surface area contributed by atoms with Crippen LogP contribution in [0.4, 0.5) is 13.2 Å². The highest BCUT2D eigenvalue weighted by atomic mass is 35.5. The SMILES string of the molecule is C=C(/C(=C\c1ccccc1)Sc1ccc(Cl)cc1)C(F)(F)F. The lowest BCUT2D eigenvalue weighted by Gasteiger charge is -2.14. The molecule has 2 rings (SSSR count). The molecule has 0 aromatic heterocycles. The molecule has 0 radical (unpaired) electrons. The van der Waals surface area contributed by atoms with E-state index in [1.54, 1.807) is 48.5 Å². The van der Waals surface area contributed by atoms with Gasteiger partial charge >= 0.3 is 6.18 Å². The number of halogens is 4. The normalized spacial score (nSPS) is 12.3.